The Balaban J connectivity index is 2.44. The molecule has 21 heavy (non-hydrogen) atoms. The Hall–Kier alpha value is -1.47. The molecule has 2 rings (SSSR count). The highest BCUT2D eigenvalue weighted by Gasteiger charge is 2.20. The van der Waals surface area contributed by atoms with Crippen LogP contribution in [0.2, 0.25) is 0 Å². The predicted octanol–water partition coefficient (Wildman–Crippen LogP) is 2.19. The van der Waals surface area contributed by atoms with Crippen LogP contribution >= 0.6 is 0 Å². The highest BCUT2D eigenvalue weighted by atomic mass is 32.2. The van der Waals surface area contributed by atoms with E-state index in [4.69, 9.17) is 5.73 Å². The van der Waals surface area contributed by atoms with Crippen molar-refractivity contribution in [3.63, 3.8) is 0 Å². The van der Waals surface area contributed by atoms with Crippen LogP contribution in [0.1, 0.15) is 38.2 Å². The second-order valence-electron chi connectivity index (χ2n) is 5.59. The molecule has 0 aliphatic heterocycles. The van der Waals surface area contributed by atoms with Gasteiger partial charge in [0.15, 0.2) is 0 Å². The van der Waals surface area contributed by atoms with Crippen molar-refractivity contribution in [2.24, 2.45) is 5.73 Å². The van der Waals surface area contributed by atoms with Crippen molar-refractivity contribution in [3.05, 3.63) is 29.8 Å². The van der Waals surface area contributed by atoms with E-state index >= 15 is 0 Å². The van der Waals surface area contributed by atoms with Crippen molar-refractivity contribution >= 4 is 20.9 Å². The minimum Gasteiger partial charge on any atom is -0.324 e. The lowest BCUT2D eigenvalue weighted by molar-refractivity contribution is 0.531. The molecule has 7 heteroatoms. The largest absolute Gasteiger partial charge is 0.324 e. The van der Waals surface area contributed by atoms with Crippen LogP contribution in [0.25, 0.3) is 11.0 Å². The Morgan fingerprint density at radius 1 is 1.38 bits per heavy atom. The average molecular weight is 313 g/mol. The Labute approximate surface area is 123 Å². The molecule has 0 bridgehead atoms. The van der Waals surface area contributed by atoms with Gasteiger partial charge in [-0.05, 0) is 32.4 Å². The highest BCUT2D eigenvalue weighted by Crippen LogP contribution is 2.26. The number of aromatic nitrogens is 2. The summed E-state index contributed by atoms with van der Waals surface area (Å²) in [6, 6.07) is 4.01. The van der Waals surface area contributed by atoms with E-state index in [2.05, 4.69) is 4.98 Å². The number of rotatable bonds is 5. The average Bonchev–Trinajstić information content (AvgIpc) is 2.73. The standard InChI is InChI=1S/C14H20FN3O2S/c1-9(2)18-13-5-4-10(15)8-12(13)17-14(18)11(16)6-7-21(3,19)20/h4-5,8-9,11H,6-7,16H2,1-3H3. The summed E-state index contributed by atoms with van der Waals surface area (Å²) < 4.78 is 37.8. The third-order valence-electron chi connectivity index (χ3n) is 3.33. The number of halogens is 1. The molecule has 0 amide bonds. The fourth-order valence-electron chi connectivity index (χ4n) is 2.36. The maximum atomic E-state index is 13.3. The first-order chi connectivity index (χ1) is 9.69. The summed E-state index contributed by atoms with van der Waals surface area (Å²) in [6.45, 7) is 3.97. The zero-order valence-electron chi connectivity index (χ0n) is 12.4. The van der Waals surface area contributed by atoms with E-state index in [0.717, 1.165) is 5.52 Å². The van der Waals surface area contributed by atoms with Crippen molar-refractivity contribution < 1.29 is 12.8 Å². The zero-order chi connectivity index (χ0) is 15.8. The first-order valence-electron chi connectivity index (χ1n) is 6.79. The molecule has 0 aliphatic rings. The molecule has 2 aromatic rings. The summed E-state index contributed by atoms with van der Waals surface area (Å²) in [5.74, 6) is 0.241. The molecule has 2 N–H and O–H groups in total. The first-order valence-corrected chi connectivity index (χ1v) is 8.86. The maximum Gasteiger partial charge on any atom is 0.147 e. The van der Waals surface area contributed by atoms with Gasteiger partial charge in [-0.25, -0.2) is 17.8 Å². The van der Waals surface area contributed by atoms with Gasteiger partial charge in [-0.3, -0.25) is 0 Å². The summed E-state index contributed by atoms with van der Waals surface area (Å²) >= 11 is 0. The third-order valence-corrected chi connectivity index (χ3v) is 4.30. The molecule has 1 heterocycles. The SMILES string of the molecule is CC(C)n1c(C(N)CCS(C)(=O)=O)nc2cc(F)ccc21. The van der Waals surface area contributed by atoms with Gasteiger partial charge < -0.3 is 10.3 Å². The number of nitrogens with zero attached hydrogens (tertiary/aromatic N) is 2. The smallest absolute Gasteiger partial charge is 0.147 e. The first kappa shape index (κ1) is 15.9. The van der Waals surface area contributed by atoms with Gasteiger partial charge >= 0.3 is 0 Å². The van der Waals surface area contributed by atoms with Crippen LogP contribution in [0.15, 0.2) is 18.2 Å². The molecule has 1 unspecified atom stereocenters. The fourth-order valence-corrected chi connectivity index (χ4v) is 3.05. The summed E-state index contributed by atoms with van der Waals surface area (Å²) in [7, 11) is -3.07. The van der Waals surface area contributed by atoms with Gasteiger partial charge in [-0.1, -0.05) is 0 Å². The van der Waals surface area contributed by atoms with Crippen LogP contribution in [0, 0.1) is 5.82 Å². The van der Waals surface area contributed by atoms with E-state index in [-0.39, 0.29) is 24.0 Å². The van der Waals surface area contributed by atoms with Gasteiger partial charge in [0.05, 0.1) is 22.8 Å². The molecule has 116 valence electrons. The number of imidazole rings is 1. The lowest BCUT2D eigenvalue weighted by atomic mass is 10.2. The summed E-state index contributed by atoms with van der Waals surface area (Å²) in [5, 5.41) is 0. The lowest BCUT2D eigenvalue weighted by Gasteiger charge is -2.17. The highest BCUT2D eigenvalue weighted by molar-refractivity contribution is 7.90. The molecule has 0 saturated carbocycles. The Kier molecular flexibility index (Phi) is 4.34. The van der Waals surface area contributed by atoms with Gasteiger partial charge in [0.2, 0.25) is 0 Å². The van der Waals surface area contributed by atoms with E-state index < -0.39 is 15.9 Å². The quantitative estimate of drug-likeness (QED) is 0.918. The predicted molar refractivity (Wildman–Crippen MR) is 81.3 cm³/mol. The molecule has 0 spiro atoms. The maximum absolute atomic E-state index is 13.3. The van der Waals surface area contributed by atoms with Crippen molar-refractivity contribution in [1.29, 1.82) is 0 Å². The Morgan fingerprint density at radius 3 is 2.62 bits per heavy atom. The zero-order valence-corrected chi connectivity index (χ0v) is 13.2. The molecule has 0 saturated heterocycles. The van der Waals surface area contributed by atoms with Gasteiger partial charge in [-0.2, -0.15) is 0 Å². The number of hydrogen-bond donors (Lipinski definition) is 1. The minimum atomic E-state index is -3.07. The van der Waals surface area contributed by atoms with Crippen LogP contribution in [0.5, 0.6) is 0 Å². The van der Waals surface area contributed by atoms with Crippen LogP contribution in [-0.4, -0.2) is 30.0 Å². The number of nitrogens with two attached hydrogens (primary N) is 1. The molecular formula is C14H20FN3O2S. The Bertz CT molecular complexity index is 753. The topological polar surface area (TPSA) is 78.0 Å². The van der Waals surface area contributed by atoms with E-state index in [1.807, 2.05) is 18.4 Å². The molecule has 1 aromatic heterocycles. The summed E-state index contributed by atoms with van der Waals surface area (Å²) in [6.07, 6.45) is 1.47. The molecular weight excluding hydrogens is 293 g/mol. The summed E-state index contributed by atoms with van der Waals surface area (Å²) in [4.78, 5) is 4.40. The molecule has 5 nitrogen and oxygen atoms in total. The van der Waals surface area contributed by atoms with Gasteiger partial charge in [0.1, 0.15) is 21.5 Å². The van der Waals surface area contributed by atoms with Crippen LogP contribution in [-0.2, 0) is 9.84 Å². The second-order valence-corrected chi connectivity index (χ2v) is 7.85. The number of sulfone groups is 1. The van der Waals surface area contributed by atoms with E-state index in [0.29, 0.717) is 11.3 Å². The second kappa shape index (κ2) is 5.73. The van der Waals surface area contributed by atoms with Gasteiger partial charge in [0.25, 0.3) is 0 Å². The van der Waals surface area contributed by atoms with Crippen molar-refractivity contribution in [1.82, 2.24) is 9.55 Å². The fraction of sp³-hybridized carbons (Fsp3) is 0.500. The monoisotopic (exact) mass is 313 g/mol. The third kappa shape index (κ3) is 3.59. The number of fused-ring (bicyclic) bond motifs is 1. The molecule has 0 radical (unpaired) electrons. The molecule has 0 fully saturated rings. The van der Waals surface area contributed by atoms with Crippen molar-refractivity contribution in [2.75, 3.05) is 12.0 Å². The Morgan fingerprint density at radius 2 is 2.05 bits per heavy atom. The van der Waals surface area contributed by atoms with Crippen LogP contribution in [0.3, 0.4) is 0 Å². The van der Waals surface area contributed by atoms with Gasteiger partial charge in [-0.15, -0.1) is 0 Å². The molecule has 1 atom stereocenters. The van der Waals surface area contributed by atoms with Crippen molar-refractivity contribution in [2.45, 2.75) is 32.4 Å². The normalized spacial score (nSPS) is 14.0. The minimum absolute atomic E-state index is 0.00380. The van der Waals surface area contributed by atoms with E-state index in [1.165, 1.54) is 18.4 Å². The van der Waals surface area contributed by atoms with E-state index in [9.17, 15) is 12.8 Å². The molecule has 0 aliphatic carbocycles. The van der Waals surface area contributed by atoms with Crippen molar-refractivity contribution in [3.8, 4) is 0 Å². The number of benzene rings is 1. The van der Waals surface area contributed by atoms with E-state index in [1.54, 1.807) is 6.07 Å². The van der Waals surface area contributed by atoms with Gasteiger partial charge in [0, 0.05) is 18.4 Å². The summed E-state index contributed by atoms with van der Waals surface area (Å²) in [5.41, 5.74) is 7.44. The number of hydrogen-bond acceptors (Lipinski definition) is 4. The van der Waals surface area contributed by atoms with Crippen LogP contribution in [0.4, 0.5) is 4.39 Å². The molecule has 1 aromatic carbocycles. The van der Waals surface area contributed by atoms with Crippen LogP contribution < -0.4 is 5.73 Å². The lowest BCUT2D eigenvalue weighted by Crippen LogP contribution is -2.20.